The van der Waals surface area contributed by atoms with Crippen molar-refractivity contribution in [1.29, 1.82) is 0 Å². The number of hydrogen-bond acceptors (Lipinski definition) is 17. The van der Waals surface area contributed by atoms with E-state index in [-0.39, 0.29) is 18.8 Å². The molecule has 3 aliphatic heterocycles. The number of ether oxygens (including phenoxy) is 3. The van der Waals surface area contributed by atoms with Crippen molar-refractivity contribution >= 4 is 54.6 Å². The highest BCUT2D eigenvalue weighted by molar-refractivity contribution is 8.32. The molecule has 22 heteroatoms. The summed E-state index contributed by atoms with van der Waals surface area (Å²) in [4.78, 5) is 51.8. The van der Waals surface area contributed by atoms with E-state index in [4.69, 9.17) is 62.1 Å². The fraction of sp³-hybridized carbons (Fsp3) is 0.550. The molecule has 0 aromatic carbocycles. The summed E-state index contributed by atoms with van der Waals surface area (Å²) in [6.07, 6.45) is -3.47. The summed E-state index contributed by atoms with van der Waals surface area (Å²) in [6, 6.07) is 1.10. The predicted octanol–water partition coefficient (Wildman–Crippen LogP) is -0.784. The molecule has 2 bridgehead atoms. The van der Waals surface area contributed by atoms with Gasteiger partial charge in [-0.1, -0.05) is 11.8 Å². The standard InChI is InChI=1S/C20H25N7O11P2S2/c1-32-15-14-11(36-19(15)27-8-24-13-16(21)22-7-23-17(13)27)6-34-39(30,41)37-10-4-9(5-33-40(31,42)38-14)35-18(10)26-3-2-12(28)25-20(26)29/h2-3,7-11,14-15,18-19H,4-6H2,1H3,(H,30,41)(H,31,42)(H2,21,22,23)(H,25,28,29)/p-2/t9-,10+,11+,14+,15+,18+,19+,39?,40?/m0/s1. The smallest absolute Gasteiger partial charge is 0.330 e. The van der Waals surface area contributed by atoms with E-state index in [1.807, 2.05) is 0 Å². The molecule has 0 amide bonds. The Kier molecular flexibility index (Phi) is 8.18. The molecule has 3 N–H and O–H groups in total. The maximum Gasteiger partial charge on any atom is 0.330 e. The molecule has 3 aromatic heterocycles. The van der Waals surface area contributed by atoms with E-state index in [2.05, 4.69) is 19.9 Å². The average Bonchev–Trinajstić information content (AvgIpc) is 3.61. The van der Waals surface area contributed by atoms with Gasteiger partial charge >= 0.3 is 5.69 Å². The van der Waals surface area contributed by atoms with Crippen molar-refractivity contribution in [2.24, 2.45) is 0 Å². The molecule has 2 unspecified atom stereocenters. The number of nitrogens with zero attached hydrogens (tertiary/aromatic N) is 5. The summed E-state index contributed by atoms with van der Waals surface area (Å²) in [5, 5.41) is 0. The van der Waals surface area contributed by atoms with Crippen molar-refractivity contribution in [1.82, 2.24) is 29.1 Å². The minimum Gasteiger partial charge on any atom is -0.780 e. The number of methoxy groups -OCH3 is 1. The van der Waals surface area contributed by atoms with Gasteiger partial charge in [-0.05, 0) is 0 Å². The molecule has 3 fully saturated rings. The van der Waals surface area contributed by atoms with E-state index < -0.39 is 74.3 Å². The second kappa shape index (κ2) is 11.5. The fourth-order valence-corrected chi connectivity index (χ4v) is 7.88. The first kappa shape index (κ1) is 30.0. The van der Waals surface area contributed by atoms with Gasteiger partial charge in [-0.25, -0.2) is 19.7 Å². The second-order valence-corrected chi connectivity index (χ2v) is 14.9. The summed E-state index contributed by atoms with van der Waals surface area (Å²) < 4.78 is 56.0. The highest BCUT2D eigenvalue weighted by Gasteiger charge is 2.49. The number of hydrogen-bond donors (Lipinski definition) is 2. The van der Waals surface area contributed by atoms with Crippen molar-refractivity contribution in [2.45, 2.75) is 49.4 Å². The van der Waals surface area contributed by atoms with Gasteiger partial charge in [-0.3, -0.25) is 23.5 Å². The van der Waals surface area contributed by atoms with Crippen LogP contribution < -0.4 is 21.9 Å². The minimum atomic E-state index is -4.27. The number of nitrogen functional groups attached to an aromatic ring is 1. The molecule has 3 saturated heterocycles. The molecule has 3 aliphatic rings. The molecule has 6 heterocycles. The Morgan fingerprint density at radius 3 is 2.71 bits per heavy atom. The second-order valence-electron chi connectivity index (χ2n) is 9.45. The van der Waals surface area contributed by atoms with Crippen LogP contribution in [0.1, 0.15) is 18.9 Å². The van der Waals surface area contributed by atoms with Crippen molar-refractivity contribution in [3.63, 3.8) is 0 Å². The van der Waals surface area contributed by atoms with Gasteiger partial charge in [0.15, 0.2) is 30.7 Å². The number of H-pyrrole nitrogens is 1. The Balaban J connectivity index is 1.31. The van der Waals surface area contributed by atoms with Gasteiger partial charge in [0.2, 0.25) is 0 Å². The summed E-state index contributed by atoms with van der Waals surface area (Å²) in [5.74, 6) is 0.139. The van der Waals surface area contributed by atoms with Crippen LogP contribution in [0.25, 0.3) is 11.2 Å². The number of fused-ring (bicyclic) bond motifs is 4. The van der Waals surface area contributed by atoms with Crippen LogP contribution in [-0.4, -0.2) is 79.9 Å². The lowest BCUT2D eigenvalue weighted by molar-refractivity contribution is -0.217. The summed E-state index contributed by atoms with van der Waals surface area (Å²) >= 11 is 10.3. The maximum absolute atomic E-state index is 13.4. The Hall–Kier alpha value is -2.06. The normalized spacial score (nSPS) is 37.5. The fourth-order valence-electron chi connectivity index (χ4n) is 5.01. The third kappa shape index (κ3) is 5.87. The summed E-state index contributed by atoms with van der Waals surface area (Å²) in [7, 11) is 1.37. The number of rotatable bonds is 3. The minimum absolute atomic E-state index is 0.000373. The van der Waals surface area contributed by atoms with E-state index >= 15 is 0 Å². The van der Waals surface area contributed by atoms with Gasteiger partial charge in [0.25, 0.3) is 5.56 Å². The van der Waals surface area contributed by atoms with Gasteiger partial charge in [-0.15, -0.1) is 0 Å². The number of aromatic nitrogens is 6. The number of aromatic amines is 1. The van der Waals surface area contributed by atoms with E-state index in [1.165, 1.54) is 30.5 Å². The van der Waals surface area contributed by atoms with Gasteiger partial charge in [-0.2, -0.15) is 0 Å². The lowest BCUT2D eigenvalue weighted by Crippen LogP contribution is -2.38. The first-order chi connectivity index (χ1) is 19.9. The maximum atomic E-state index is 13.4. The number of imidazole rings is 1. The Bertz CT molecular complexity index is 1700. The third-order valence-corrected chi connectivity index (χ3v) is 9.93. The average molecular weight is 664 g/mol. The first-order valence-electron chi connectivity index (χ1n) is 12.3. The molecule has 0 aliphatic carbocycles. The lowest BCUT2D eigenvalue weighted by Gasteiger charge is -2.35. The zero-order valence-electron chi connectivity index (χ0n) is 21.5. The van der Waals surface area contributed by atoms with E-state index in [0.29, 0.717) is 11.2 Å². The van der Waals surface area contributed by atoms with Crippen LogP contribution in [-0.2, 0) is 60.9 Å². The first-order valence-corrected chi connectivity index (χ1v) is 17.4. The topological polar surface area (TPSA) is 229 Å². The molecule has 6 rings (SSSR count). The SMILES string of the molecule is CO[C@@H]1[C@@H]2OP([O-])(=S)OC[C@@H]3C[C@@H](OP(=O)([S-])OC[C@H]2O[C@H]1n1cnc2c(N)ncnc21)[C@H](n1ccc(=O)[nH]c1=O)O3. The van der Waals surface area contributed by atoms with E-state index in [1.54, 1.807) is 0 Å². The largest absolute Gasteiger partial charge is 0.780 e. The Morgan fingerprint density at radius 2 is 1.95 bits per heavy atom. The number of nitrogens with one attached hydrogen (secondary N) is 1. The van der Waals surface area contributed by atoms with Gasteiger partial charge in [0.1, 0.15) is 43.0 Å². The highest BCUT2D eigenvalue weighted by atomic mass is 32.7. The molecule has 228 valence electrons. The lowest BCUT2D eigenvalue weighted by atomic mass is 10.1. The van der Waals surface area contributed by atoms with Crippen LogP contribution in [0.15, 0.2) is 34.5 Å². The third-order valence-electron chi connectivity index (χ3n) is 6.82. The molecule has 0 radical (unpaired) electrons. The van der Waals surface area contributed by atoms with E-state index in [0.717, 1.165) is 10.6 Å². The van der Waals surface area contributed by atoms with Gasteiger partial charge < -0.3 is 55.2 Å². The highest BCUT2D eigenvalue weighted by Crippen LogP contribution is 2.53. The predicted molar refractivity (Wildman–Crippen MR) is 145 cm³/mol. The Labute approximate surface area is 246 Å². The monoisotopic (exact) mass is 663 g/mol. The number of anilines is 1. The van der Waals surface area contributed by atoms with Crippen LogP contribution in [0.3, 0.4) is 0 Å². The molecule has 18 nitrogen and oxygen atoms in total. The molecule has 42 heavy (non-hydrogen) atoms. The van der Waals surface area contributed by atoms with E-state index in [9.17, 15) is 19.0 Å². The molecular formula is C20H23N7O11P2S2-2. The summed E-state index contributed by atoms with van der Waals surface area (Å²) in [5.41, 5.74) is 5.10. The zero-order valence-corrected chi connectivity index (χ0v) is 24.9. The van der Waals surface area contributed by atoms with Crippen LogP contribution in [0.4, 0.5) is 5.82 Å². The summed E-state index contributed by atoms with van der Waals surface area (Å²) in [6.45, 7) is -9.33. The van der Waals surface area contributed by atoms with Crippen molar-refractivity contribution in [3.8, 4) is 0 Å². The van der Waals surface area contributed by atoms with Crippen LogP contribution in [0.5, 0.6) is 0 Å². The van der Waals surface area contributed by atoms with Crippen molar-refractivity contribution < 1.29 is 41.8 Å². The van der Waals surface area contributed by atoms with Crippen LogP contribution >= 0.6 is 13.5 Å². The number of nitrogens with two attached hydrogens (primary N) is 1. The molecule has 3 aromatic rings. The molecule has 9 atom stereocenters. The molecule has 0 spiro atoms. The van der Waals surface area contributed by atoms with Crippen molar-refractivity contribution in [3.05, 3.63) is 45.8 Å². The quantitative estimate of drug-likeness (QED) is 0.258. The van der Waals surface area contributed by atoms with Gasteiger partial charge in [0.05, 0.1) is 25.6 Å². The zero-order chi connectivity index (χ0) is 29.8. The van der Waals surface area contributed by atoms with Crippen LogP contribution in [0, 0.1) is 0 Å². The Morgan fingerprint density at radius 1 is 1.14 bits per heavy atom. The van der Waals surface area contributed by atoms with Gasteiger partial charge in [0, 0.05) is 25.8 Å². The van der Waals surface area contributed by atoms with Crippen LogP contribution in [0.2, 0.25) is 0 Å². The van der Waals surface area contributed by atoms with Crippen molar-refractivity contribution in [2.75, 3.05) is 26.1 Å². The molecular weight excluding hydrogens is 640 g/mol. The molecule has 0 saturated carbocycles.